The lowest BCUT2D eigenvalue weighted by atomic mass is 10.0. The first kappa shape index (κ1) is 18.1. The third kappa shape index (κ3) is 4.60. The van der Waals surface area contributed by atoms with Crippen molar-refractivity contribution in [1.82, 2.24) is 15.2 Å². The van der Waals surface area contributed by atoms with E-state index in [1.807, 2.05) is 45.6 Å². The van der Waals surface area contributed by atoms with E-state index in [4.69, 9.17) is 0 Å². The van der Waals surface area contributed by atoms with Gasteiger partial charge < -0.3 is 15.5 Å². The number of carbonyl (C=O) groups is 1. The van der Waals surface area contributed by atoms with Crippen molar-refractivity contribution in [2.45, 2.75) is 59.0 Å². The Morgan fingerprint density at radius 2 is 1.96 bits per heavy atom. The second kappa shape index (κ2) is 7.08. The number of pyridine rings is 1. The predicted molar refractivity (Wildman–Crippen MR) is 94.9 cm³/mol. The number of amides is 2. The number of hydrogen-bond acceptors (Lipinski definition) is 4. The first-order valence-corrected chi connectivity index (χ1v) is 8.41. The summed E-state index contributed by atoms with van der Waals surface area (Å²) in [6.45, 7) is 11.2. The van der Waals surface area contributed by atoms with Gasteiger partial charge in [0.15, 0.2) is 0 Å². The molecule has 1 aliphatic rings. The summed E-state index contributed by atoms with van der Waals surface area (Å²) < 4.78 is 0. The van der Waals surface area contributed by atoms with Crippen LogP contribution in [-0.2, 0) is 0 Å². The molecule has 1 aliphatic heterocycles. The number of anilines is 1. The highest BCUT2D eigenvalue weighted by Gasteiger charge is 2.25. The van der Waals surface area contributed by atoms with Crippen LogP contribution in [0.15, 0.2) is 6.07 Å². The summed E-state index contributed by atoms with van der Waals surface area (Å²) >= 11 is 0. The number of carbonyl (C=O) groups excluding carboxylic acids is 1. The van der Waals surface area contributed by atoms with Crippen molar-refractivity contribution in [2.75, 3.05) is 18.4 Å². The average Bonchev–Trinajstić information content (AvgIpc) is 2.45. The summed E-state index contributed by atoms with van der Waals surface area (Å²) in [6, 6.07) is 4.41. The Kier molecular flexibility index (Phi) is 5.33. The van der Waals surface area contributed by atoms with Gasteiger partial charge in [0.25, 0.3) is 0 Å². The minimum Gasteiger partial charge on any atom is -0.381 e. The molecule has 0 radical (unpaired) electrons. The fraction of sp³-hybridized carbons (Fsp3) is 0.611. The summed E-state index contributed by atoms with van der Waals surface area (Å²) in [6.07, 6.45) is 1.73. The summed E-state index contributed by atoms with van der Waals surface area (Å²) in [4.78, 5) is 18.4. The highest BCUT2D eigenvalue weighted by molar-refractivity contribution is 5.75. The Morgan fingerprint density at radius 3 is 2.50 bits per heavy atom. The summed E-state index contributed by atoms with van der Waals surface area (Å²) in [5, 5.41) is 15.8. The zero-order chi connectivity index (χ0) is 17.9. The van der Waals surface area contributed by atoms with Crippen LogP contribution in [0.5, 0.6) is 0 Å². The maximum atomic E-state index is 12.2. The van der Waals surface area contributed by atoms with Crippen LogP contribution in [0.2, 0.25) is 0 Å². The van der Waals surface area contributed by atoms with Crippen LogP contribution in [0.1, 0.15) is 50.6 Å². The second-order valence-corrected chi connectivity index (χ2v) is 7.47. The molecule has 0 aliphatic carbocycles. The number of nitriles is 1. The van der Waals surface area contributed by atoms with Crippen LogP contribution in [0, 0.1) is 25.2 Å². The molecule has 1 fully saturated rings. The summed E-state index contributed by atoms with van der Waals surface area (Å²) in [5.74, 6) is 0. The van der Waals surface area contributed by atoms with Gasteiger partial charge in [-0.05, 0) is 53.5 Å². The molecule has 0 bridgehead atoms. The first-order chi connectivity index (χ1) is 11.2. The topological polar surface area (TPSA) is 81.0 Å². The minimum absolute atomic E-state index is 0.00531. The van der Waals surface area contributed by atoms with E-state index >= 15 is 0 Å². The lowest BCUT2D eigenvalue weighted by molar-refractivity contribution is 0.175. The Hall–Kier alpha value is -2.29. The Bertz CT molecular complexity index is 649. The number of nitrogens with one attached hydrogen (secondary N) is 2. The van der Waals surface area contributed by atoms with E-state index in [1.54, 1.807) is 0 Å². The third-order valence-electron chi connectivity index (χ3n) is 4.06. The van der Waals surface area contributed by atoms with Crippen LogP contribution < -0.4 is 10.6 Å². The van der Waals surface area contributed by atoms with E-state index in [9.17, 15) is 10.1 Å². The molecule has 6 heteroatoms. The van der Waals surface area contributed by atoms with Crippen LogP contribution in [0.3, 0.4) is 0 Å². The average molecular weight is 329 g/mol. The number of aryl methyl sites for hydroxylation is 2. The molecule has 1 aromatic rings. The molecule has 2 heterocycles. The van der Waals surface area contributed by atoms with Crippen LogP contribution in [0.25, 0.3) is 0 Å². The highest BCUT2D eigenvalue weighted by atomic mass is 16.2. The van der Waals surface area contributed by atoms with Gasteiger partial charge in [-0.25, -0.2) is 4.79 Å². The minimum atomic E-state index is -0.222. The number of nitrogens with zero attached hydrogens (tertiary/aromatic N) is 3. The summed E-state index contributed by atoms with van der Waals surface area (Å²) in [5.41, 5.74) is 2.88. The molecular formula is C18H27N5O. The molecule has 2 amide bonds. The normalized spacial score (nSPS) is 15.8. The zero-order valence-electron chi connectivity index (χ0n) is 15.2. The Balaban J connectivity index is 1.97. The molecule has 0 unspecified atom stereocenters. The number of urea groups is 1. The Labute approximate surface area is 144 Å². The van der Waals surface area contributed by atoms with Gasteiger partial charge in [-0.1, -0.05) is 0 Å². The highest BCUT2D eigenvalue weighted by Crippen LogP contribution is 2.22. The number of likely N-dealkylation sites (tertiary alicyclic amines) is 1. The van der Waals surface area contributed by atoms with Crippen LogP contribution >= 0.6 is 0 Å². The van der Waals surface area contributed by atoms with Crippen molar-refractivity contribution in [1.29, 1.82) is 5.26 Å². The van der Waals surface area contributed by atoms with Crippen molar-refractivity contribution in [2.24, 2.45) is 0 Å². The zero-order valence-corrected chi connectivity index (χ0v) is 15.2. The molecule has 0 aromatic carbocycles. The molecule has 2 rings (SSSR count). The molecule has 1 aromatic heterocycles. The molecule has 2 N–H and O–H groups in total. The SMILES string of the molecule is Cc1cc(NC2CCN(C(=O)NC(C)(C)C)CC2)c(C#N)c(C)n1. The second-order valence-electron chi connectivity index (χ2n) is 7.47. The van der Waals surface area contributed by atoms with Gasteiger partial charge in [0.2, 0.25) is 0 Å². The van der Waals surface area contributed by atoms with Crippen molar-refractivity contribution in [3.8, 4) is 6.07 Å². The first-order valence-electron chi connectivity index (χ1n) is 8.41. The fourth-order valence-electron chi connectivity index (χ4n) is 2.93. The number of aromatic nitrogens is 1. The predicted octanol–water partition coefficient (Wildman–Crippen LogP) is 2.95. The molecule has 0 saturated carbocycles. The standard InChI is InChI=1S/C18H27N5O/c1-12-10-16(15(11-19)13(2)20-12)21-14-6-8-23(9-7-14)17(24)22-18(3,4)5/h10,14H,6-9H2,1-5H3,(H,20,21)(H,22,24). The molecule has 130 valence electrons. The largest absolute Gasteiger partial charge is 0.381 e. The number of hydrogen-bond donors (Lipinski definition) is 2. The van der Waals surface area contributed by atoms with Gasteiger partial charge in [-0.3, -0.25) is 4.98 Å². The van der Waals surface area contributed by atoms with Crippen molar-refractivity contribution >= 4 is 11.7 Å². The maximum absolute atomic E-state index is 12.2. The maximum Gasteiger partial charge on any atom is 0.317 e. The molecular weight excluding hydrogens is 302 g/mol. The molecule has 6 nitrogen and oxygen atoms in total. The van der Waals surface area contributed by atoms with Crippen molar-refractivity contribution in [3.63, 3.8) is 0 Å². The van der Waals surface area contributed by atoms with E-state index in [0.717, 1.165) is 29.9 Å². The molecule has 0 atom stereocenters. The van der Waals surface area contributed by atoms with E-state index < -0.39 is 0 Å². The fourth-order valence-corrected chi connectivity index (χ4v) is 2.93. The Morgan fingerprint density at radius 1 is 1.33 bits per heavy atom. The van der Waals surface area contributed by atoms with Gasteiger partial charge in [0.05, 0.1) is 16.9 Å². The van der Waals surface area contributed by atoms with E-state index in [2.05, 4.69) is 21.7 Å². The molecule has 0 spiro atoms. The lowest BCUT2D eigenvalue weighted by Gasteiger charge is -2.35. The lowest BCUT2D eigenvalue weighted by Crippen LogP contribution is -2.51. The van der Waals surface area contributed by atoms with Gasteiger partial charge >= 0.3 is 6.03 Å². The van der Waals surface area contributed by atoms with Gasteiger partial charge in [0.1, 0.15) is 6.07 Å². The van der Waals surface area contributed by atoms with E-state index in [1.165, 1.54) is 0 Å². The van der Waals surface area contributed by atoms with Gasteiger partial charge in [-0.15, -0.1) is 0 Å². The quantitative estimate of drug-likeness (QED) is 0.874. The van der Waals surface area contributed by atoms with Gasteiger partial charge in [0, 0.05) is 30.4 Å². The monoisotopic (exact) mass is 329 g/mol. The van der Waals surface area contributed by atoms with Gasteiger partial charge in [-0.2, -0.15) is 5.26 Å². The van der Waals surface area contributed by atoms with E-state index in [-0.39, 0.29) is 17.6 Å². The van der Waals surface area contributed by atoms with Crippen LogP contribution in [0.4, 0.5) is 10.5 Å². The third-order valence-corrected chi connectivity index (χ3v) is 4.06. The smallest absolute Gasteiger partial charge is 0.317 e. The summed E-state index contributed by atoms with van der Waals surface area (Å²) in [7, 11) is 0. The van der Waals surface area contributed by atoms with Crippen molar-refractivity contribution in [3.05, 3.63) is 23.0 Å². The molecule has 1 saturated heterocycles. The number of rotatable bonds is 2. The number of piperidine rings is 1. The van der Waals surface area contributed by atoms with Crippen LogP contribution in [-0.4, -0.2) is 40.6 Å². The van der Waals surface area contributed by atoms with Crippen molar-refractivity contribution < 1.29 is 4.79 Å². The molecule has 24 heavy (non-hydrogen) atoms. The van der Waals surface area contributed by atoms with E-state index in [0.29, 0.717) is 18.7 Å².